The maximum absolute atomic E-state index is 10.5. The summed E-state index contributed by atoms with van der Waals surface area (Å²) in [6.07, 6.45) is 0. The van der Waals surface area contributed by atoms with Crippen molar-refractivity contribution in [2.24, 2.45) is 0 Å². The van der Waals surface area contributed by atoms with Gasteiger partial charge in [-0.1, -0.05) is 0 Å². The van der Waals surface area contributed by atoms with Crippen LogP contribution in [-0.2, 0) is 4.74 Å². The second-order valence-corrected chi connectivity index (χ2v) is 3.92. The van der Waals surface area contributed by atoms with Gasteiger partial charge in [-0.2, -0.15) is 0 Å². The molecule has 0 aliphatic rings. The quantitative estimate of drug-likeness (QED) is 0.303. The van der Waals surface area contributed by atoms with Crippen LogP contribution < -0.4 is 21.2 Å². The van der Waals surface area contributed by atoms with E-state index in [-0.39, 0.29) is 0 Å². The first-order chi connectivity index (χ1) is 4.74. The second-order valence-electron chi connectivity index (χ2n) is 1.17. The minimum absolute atomic E-state index is 0.424. The Morgan fingerprint density at radius 2 is 2.10 bits per heavy atom. The van der Waals surface area contributed by atoms with Crippen molar-refractivity contribution in [1.29, 1.82) is 10.5 Å². The monoisotopic (exact) mass is 251 g/mol. The summed E-state index contributed by atoms with van der Waals surface area (Å²) in [5.41, 5.74) is 0. The van der Waals surface area contributed by atoms with Crippen LogP contribution >= 0.6 is 0 Å². The number of ether oxygens (including phenoxy) is 1. The molecule has 0 N–H and O–H groups in total. The molecule has 0 radical (unpaired) electrons. The molecular formula is C5H4IN2O2-. The minimum atomic E-state index is -1.09. The van der Waals surface area contributed by atoms with E-state index in [2.05, 4.69) is 4.74 Å². The first-order valence-corrected chi connectivity index (χ1v) is 4.57. The molecule has 0 amide bonds. The number of hydrogen-bond acceptors (Lipinski definition) is 4. The van der Waals surface area contributed by atoms with Crippen LogP contribution in [0.15, 0.2) is 0 Å². The normalized spacial score (nSPS) is 8.40. The summed E-state index contributed by atoms with van der Waals surface area (Å²) >= 11 is -1.09. The zero-order chi connectivity index (χ0) is 7.98. The first-order valence-electron chi connectivity index (χ1n) is 2.25. The van der Waals surface area contributed by atoms with Crippen molar-refractivity contribution in [2.75, 3.05) is 7.11 Å². The van der Waals surface area contributed by atoms with Gasteiger partial charge in [0.05, 0.1) is 0 Å². The van der Waals surface area contributed by atoms with E-state index in [1.165, 1.54) is 7.11 Å². The molecule has 10 heavy (non-hydrogen) atoms. The Bertz CT molecular complexity index is 189. The standard InChI is InChI=1S/C5H4IN2O2/c1-10-5(9)6-4(2-7)3-8/h4H,1H3/q-1. The second kappa shape index (κ2) is 5.00. The Morgan fingerprint density at radius 1 is 1.60 bits per heavy atom. The fourth-order valence-corrected chi connectivity index (χ4v) is 1.25. The Labute approximate surface area is 68.6 Å². The Balaban J connectivity index is 3.81. The number of halogens is 1. The van der Waals surface area contributed by atoms with Gasteiger partial charge in [-0.15, -0.1) is 0 Å². The van der Waals surface area contributed by atoms with Crippen molar-refractivity contribution < 1.29 is 30.7 Å². The van der Waals surface area contributed by atoms with Crippen molar-refractivity contribution >= 4 is 3.98 Å². The van der Waals surface area contributed by atoms with Gasteiger partial charge in [-0.3, -0.25) is 0 Å². The summed E-state index contributed by atoms with van der Waals surface area (Å²) in [7, 11) is 1.24. The van der Waals surface area contributed by atoms with Gasteiger partial charge < -0.3 is 0 Å². The number of nitrogens with zero attached hydrogens (tertiary/aromatic N) is 2. The molecular weight excluding hydrogens is 247 g/mol. The van der Waals surface area contributed by atoms with Gasteiger partial charge in [0, 0.05) is 0 Å². The van der Waals surface area contributed by atoms with Crippen LogP contribution in [0.4, 0.5) is 4.79 Å². The van der Waals surface area contributed by atoms with Crippen molar-refractivity contribution in [1.82, 2.24) is 0 Å². The van der Waals surface area contributed by atoms with Crippen LogP contribution in [0.1, 0.15) is 0 Å². The van der Waals surface area contributed by atoms with Crippen LogP contribution in [0.5, 0.6) is 0 Å². The van der Waals surface area contributed by atoms with Gasteiger partial charge in [0.15, 0.2) is 0 Å². The SMILES string of the molecule is COC(=O)[I-]C(C#N)C#N. The van der Waals surface area contributed by atoms with Gasteiger partial charge in [-0.05, 0) is 0 Å². The van der Waals surface area contributed by atoms with E-state index < -0.39 is 29.1 Å². The Kier molecular flexibility index (Phi) is 4.59. The number of rotatable bonds is 2. The molecule has 0 heterocycles. The number of methoxy groups -OCH3 is 1. The molecule has 4 nitrogen and oxygen atoms in total. The number of carbonyl (C=O) groups excluding carboxylic acids is 1. The summed E-state index contributed by atoms with van der Waals surface area (Å²) < 4.78 is 3.10. The number of alkyl halides is 1. The zero-order valence-corrected chi connectivity index (χ0v) is 7.32. The van der Waals surface area contributed by atoms with Crippen molar-refractivity contribution in [3.05, 3.63) is 0 Å². The number of carbonyl (C=O) groups is 1. The molecule has 0 aromatic rings. The van der Waals surface area contributed by atoms with E-state index in [0.717, 1.165) is 0 Å². The Hall–Kier alpha value is -0.820. The molecule has 0 saturated heterocycles. The van der Waals surface area contributed by atoms with Crippen molar-refractivity contribution in [2.45, 2.75) is 3.92 Å². The number of hydrogen-bond donors (Lipinski definition) is 0. The molecule has 0 aliphatic heterocycles. The third-order valence-corrected chi connectivity index (χ3v) is 2.71. The summed E-state index contributed by atoms with van der Waals surface area (Å²) in [5.74, 6) is 0. The molecule has 0 bridgehead atoms. The van der Waals surface area contributed by atoms with Gasteiger partial charge in [0.2, 0.25) is 0 Å². The fourth-order valence-electron chi connectivity index (χ4n) is 0.211. The third-order valence-electron chi connectivity index (χ3n) is 0.585. The van der Waals surface area contributed by atoms with Crippen LogP contribution in [0.3, 0.4) is 0 Å². The average molecular weight is 251 g/mol. The van der Waals surface area contributed by atoms with Crippen molar-refractivity contribution in [3.8, 4) is 12.1 Å². The molecule has 0 unspecified atom stereocenters. The van der Waals surface area contributed by atoms with Gasteiger partial charge >= 0.3 is 68.4 Å². The molecule has 0 rings (SSSR count). The molecule has 54 valence electrons. The molecule has 0 spiro atoms. The van der Waals surface area contributed by atoms with E-state index in [1.807, 2.05) is 0 Å². The average Bonchev–Trinajstić information content (AvgIpc) is 1.99. The molecule has 5 heteroatoms. The summed E-state index contributed by atoms with van der Waals surface area (Å²) in [5, 5.41) is 16.4. The predicted molar refractivity (Wildman–Crippen MR) is 27.4 cm³/mol. The van der Waals surface area contributed by atoms with Crippen LogP contribution in [-0.4, -0.2) is 15.0 Å². The van der Waals surface area contributed by atoms with Gasteiger partial charge in [0.25, 0.3) is 0 Å². The van der Waals surface area contributed by atoms with E-state index in [4.69, 9.17) is 10.5 Å². The zero-order valence-electron chi connectivity index (χ0n) is 5.17. The van der Waals surface area contributed by atoms with Crippen LogP contribution in [0.25, 0.3) is 0 Å². The molecule has 0 aliphatic carbocycles. The third kappa shape index (κ3) is 3.25. The predicted octanol–water partition coefficient (Wildman–Crippen LogP) is -2.74. The van der Waals surface area contributed by atoms with Crippen LogP contribution in [0.2, 0.25) is 0 Å². The maximum atomic E-state index is 10.5. The van der Waals surface area contributed by atoms with E-state index in [0.29, 0.717) is 0 Å². The fraction of sp³-hybridized carbons (Fsp3) is 0.400. The molecule has 0 aromatic heterocycles. The van der Waals surface area contributed by atoms with E-state index in [9.17, 15) is 4.79 Å². The summed E-state index contributed by atoms with van der Waals surface area (Å²) in [6.45, 7) is 0. The number of nitriles is 2. The first kappa shape index (κ1) is 9.18. The molecule has 0 atom stereocenters. The van der Waals surface area contributed by atoms with Gasteiger partial charge in [0.1, 0.15) is 0 Å². The Morgan fingerprint density at radius 3 is 2.40 bits per heavy atom. The van der Waals surface area contributed by atoms with E-state index >= 15 is 0 Å². The summed E-state index contributed by atoms with van der Waals surface area (Å²) in [4.78, 5) is 10.5. The van der Waals surface area contributed by atoms with Gasteiger partial charge in [-0.25, -0.2) is 0 Å². The topological polar surface area (TPSA) is 73.9 Å². The molecule has 0 fully saturated rings. The van der Waals surface area contributed by atoms with E-state index in [1.54, 1.807) is 12.1 Å². The molecule has 0 aromatic carbocycles. The summed E-state index contributed by atoms with van der Waals surface area (Å²) in [6, 6.07) is 3.41. The van der Waals surface area contributed by atoms with Crippen LogP contribution in [0, 0.1) is 22.7 Å². The van der Waals surface area contributed by atoms with Crippen molar-refractivity contribution in [3.63, 3.8) is 0 Å². The molecule has 0 saturated carbocycles.